The zero-order valence-electron chi connectivity index (χ0n) is 14.2. The highest BCUT2D eigenvalue weighted by atomic mass is 16.3. The minimum absolute atomic E-state index is 0.0284. The second-order valence-corrected chi connectivity index (χ2v) is 6.22. The van der Waals surface area contributed by atoms with Crippen molar-refractivity contribution in [3.05, 3.63) is 77.5 Å². The van der Waals surface area contributed by atoms with Crippen molar-refractivity contribution in [2.24, 2.45) is 0 Å². The molecule has 0 saturated carbocycles. The molecule has 2 heterocycles. The standard InChI is InChI=1S/C20H18N4O2/c1-12-7-8-15(17(25)10-12)20(26)22-14-5-2-4-13(11-14)18-23-16-6-3-9-21-19(16)24-18/h2-11,18,23,25H,1H3,(H,21,24)(H,22,26). The summed E-state index contributed by atoms with van der Waals surface area (Å²) in [5.74, 6) is 0.424. The van der Waals surface area contributed by atoms with E-state index in [-0.39, 0.29) is 23.4 Å². The van der Waals surface area contributed by atoms with Gasteiger partial charge >= 0.3 is 0 Å². The molecule has 6 nitrogen and oxygen atoms in total. The molecule has 4 N–H and O–H groups in total. The van der Waals surface area contributed by atoms with Crippen LogP contribution in [0.2, 0.25) is 0 Å². The van der Waals surface area contributed by atoms with E-state index in [4.69, 9.17) is 0 Å². The van der Waals surface area contributed by atoms with Crippen molar-refractivity contribution in [3.63, 3.8) is 0 Å². The summed E-state index contributed by atoms with van der Waals surface area (Å²) in [6, 6.07) is 16.4. The van der Waals surface area contributed by atoms with Crippen molar-refractivity contribution < 1.29 is 9.90 Å². The van der Waals surface area contributed by atoms with Crippen LogP contribution >= 0.6 is 0 Å². The van der Waals surface area contributed by atoms with E-state index in [0.717, 1.165) is 22.6 Å². The Bertz CT molecular complexity index is 962. The summed E-state index contributed by atoms with van der Waals surface area (Å²) < 4.78 is 0. The molecule has 26 heavy (non-hydrogen) atoms. The number of fused-ring (bicyclic) bond motifs is 1. The molecule has 4 rings (SSSR count). The van der Waals surface area contributed by atoms with Gasteiger partial charge in [-0.25, -0.2) is 4.98 Å². The Morgan fingerprint density at radius 1 is 1.12 bits per heavy atom. The van der Waals surface area contributed by atoms with E-state index in [0.29, 0.717) is 5.69 Å². The van der Waals surface area contributed by atoms with E-state index in [1.807, 2.05) is 43.3 Å². The van der Waals surface area contributed by atoms with Crippen LogP contribution in [0.1, 0.15) is 27.7 Å². The van der Waals surface area contributed by atoms with Gasteiger partial charge in [0.25, 0.3) is 5.91 Å². The zero-order chi connectivity index (χ0) is 18.1. The summed E-state index contributed by atoms with van der Waals surface area (Å²) in [6.07, 6.45) is 1.62. The van der Waals surface area contributed by atoms with E-state index in [2.05, 4.69) is 20.9 Å². The number of hydrogen-bond acceptors (Lipinski definition) is 5. The number of phenols is 1. The molecule has 3 aromatic rings. The first-order chi connectivity index (χ1) is 12.6. The lowest BCUT2D eigenvalue weighted by Gasteiger charge is -2.14. The molecule has 0 spiro atoms. The Balaban J connectivity index is 1.52. The lowest BCUT2D eigenvalue weighted by Crippen LogP contribution is -2.15. The average Bonchev–Trinajstić information content (AvgIpc) is 3.06. The molecule has 2 aromatic carbocycles. The van der Waals surface area contributed by atoms with Crippen LogP contribution in [0.4, 0.5) is 17.2 Å². The van der Waals surface area contributed by atoms with E-state index in [9.17, 15) is 9.90 Å². The number of hydrogen-bond donors (Lipinski definition) is 4. The third-order valence-corrected chi connectivity index (χ3v) is 4.26. The van der Waals surface area contributed by atoms with Gasteiger partial charge < -0.3 is 21.1 Å². The minimum Gasteiger partial charge on any atom is -0.507 e. The lowest BCUT2D eigenvalue weighted by atomic mass is 10.1. The first-order valence-corrected chi connectivity index (χ1v) is 8.29. The summed E-state index contributed by atoms with van der Waals surface area (Å²) in [7, 11) is 0. The molecule has 1 aliphatic rings. The summed E-state index contributed by atoms with van der Waals surface area (Å²) >= 11 is 0. The predicted molar refractivity (Wildman–Crippen MR) is 101 cm³/mol. The number of aromatic nitrogens is 1. The summed E-state index contributed by atoms with van der Waals surface area (Å²) in [4.78, 5) is 16.7. The zero-order valence-corrected chi connectivity index (χ0v) is 14.2. The number of aryl methyl sites for hydroxylation is 1. The molecule has 1 unspecified atom stereocenters. The van der Waals surface area contributed by atoms with E-state index in [1.165, 1.54) is 0 Å². The molecule has 1 atom stereocenters. The largest absolute Gasteiger partial charge is 0.507 e. The van der Waals surface area contributed by atoms with Crippen LogP contribution in [-0.4, -0.2) is 16.0 Å². The van der Waals surface area contributed by atoms with Gasteiger partial charge in [-0.1, -0.05) is 18.2 Å². The number of nitrogens with one attached hydrogen (secondary N) is 3. The first-order valence-electron chi connectivity index (χ1n) is 8.29. The third-order valence-electron chi connectivity index (χ3n) is 4.26. The normalized spacial score (nSPS) is 14.9. The van der Waals surface area contributed by atoms with Crippen LogP contribution < -0.4 is 16.0 Å². The summed E-state index contributed by atoms with van der Waals surface area (Å²) in [5.41, 5.74) is 3.70. The molecular formula is C20H18N4O2. The summed E-state index contributed by atoms with van der Waals surface area (Å²) in [5, 5.41) is 19.5. The topological polar surface area (TPSA) is 86.3 Å². The van der Waals surface area contributed by atoms with Crippen molar-refractivity contribution in [2.75, 3.05) is 16.0 Å². The van der Waals surface area contributed by atoms with Crippen LogP contribution in [0, 0.1) is 6.92 Å². The molecule has 0 fully saturated rings. The van der Waals surface area contributed by atoms with Crippen molar-refractivity contribution >= 4 is 23.1 Å². The van der Waals surface area contributed by atoms with Crippen LogP contribution in [-0.2, 0) is 0 Å². The van der Waals surface area contributed by atoms with Crippen molar-refractivity contribution in [1.82, 2.24) is 4.98 Å². The second kappa shape index (κ2) is 6.40. The molecule has 130 valence electrons. The Labute approximate surface area is 150 Å². The van der Waals surface area contributed by atoms with Gasteiger partial charge in [-0.3, -0.25) is 4.79 Å². The molecule has 1 aromatic heterocycles. The highest BCUT2D eigenvalue weighted by Crippen LogP contribution is 2.33. The van der Waals surface area contributed by atoms with Gasteiger partial charge in [0, 0.05) is 11.9 Å². The molecule has 0 bridgehead atoms. The highest BCUT2D eigenvalue weighted by molar-refractivity contribution is 6.06. The van der Waals surface area contributed by atoms with Gasteiger partial charge in [-0.05, 0) is 54.4 Å². The quantitative estimate of drug-likeness (QED) is 0.578. The SMILES string of the molecule is Cc1ccc(C(=O)Nc2cccc(C3Nc4cccnc4N3)c2)c(O)c1. The maximum absolute atomic E-state index is 12.4. The van der Waals surface area contributed by atoms with Gasteiger partial charge in [0.2, 0.25) is 0 Å². The fraction of sp³-hybridized carbons (Fsp3) is 0.100. The van der Waals surface area contributed by atoms with Crippen LogP contribution in [0.25, 0.3) is 0 Å². The fourth-order valence-corrected chi connectivity index (χ4v) is 2.96. The number of carbonyl (C=O) groups excluding carboxylic acids is 1. The summed E-state index contributed by atoms with van der Waals surface area (Å²) in [6.45, 7) is 1.86. The highest BCUT2D eigenvalue weighted by Gasteiger charge is 2.22. The maximum Gasteiger partial charge on any atom is 0.259 e. The van der Waals surface area contributed by atoms with Crippen LogP contribution in [0.3, 0.4) is 0 Å². The Kier molecular flexibility index (Phi) is 3.93. The molecule has 0 saturated heterocycles. The number of carbonyl (C=O) groups is 1. The number of benzene rings is 2. The Morgan fingerprint density at radius 3 is 2.81 bits per heavy atom. The number of aromatic hydroxyl groups is 1. The molecule has 0 aliphatic carbocycles. The van der Waals surface area contributed by atoms with E-state index < -0.39 is 0 Å². The number of rotatable bonds is 3. The Morgan fingerprint density at radius 2 is 2.00 bits per heavy atom. The molecular weight excluding hydrogens is 328 g/mol. The van der Waals surface area contributed by atoms with Crippen molar-refractivity contribution in [2.45, 2.75) is 13.1 Å². The van der Waals surface area contributed by atoms with Gasteiger partial charge in [0.05, 0.1) is 11.3 Å². The minimum atomic E-state index is -0.350. The smallest absolute Gasteiger partial charge is 0.259 e. The number of anilines is 3. The van der Waals surface area contributed by atoms with Gasteiger partial charge in [0.15, 0.2) is 5.82 Å². The molecule has 6 heteroatoms. The van der Waals surface area contributed by atoms with Gasteiger partial charge in [0.1, 0.15) is 11.9 Å². The third kappa shape index (κ3) is 3.04. The van der Waals surface area contributed by atoms with Gasteiger partial charge in [-0.15, -0.1) is 0 Å². The van der Waals surface area contributed by atoms with E-state index >= 15 is 0 Å². The predicted octanol–water partition coefficient (Wildman–Crippen LogP) is 3.88. The van der Waals surface area contributed by atoms with Crippen LogP contribution in [0.15, 0.2) is 60.8 Å². The van der Waals surface area contributed by atoms with E-state index in [1.54, 1.807) is 24.4 Å². The monoisotopic (exact) mass is 346 g/mol. The maximum atomic E-state index is 12.4. The number of phenolic OH excluding ortho intramolecular Hbond substituents is 1. The number of amides is 1. The number of pyridine rings is 1. The first kappa shape index (κ1) is 16.0. The van der Waals surface area contributed by atoms with Crippen LogP contribution in [0.5, 0.6) is 5.75 Å². The molecule has 1 aliphatic heterocycles. The van der Waals surface area contributed by atoms with Crippen molar-refractivity contribution in [1.29, 1.82) is 0 Å². The second-order valence-electron chi connectivity index (χ2n) is 6.22. The molecule has 0 radical (unpaired) electrons. The average molecular weight is 346 g/mol. The lowest BCUT2D eigenvalue weighted by molar-refractivity contribution is 0.102. The fourth-order valence-electron chi connectivity index (χ4n) is 2.96. The van der Waals surface area contributed by atoms with Crippen molar-refractivity contribution in [3.8, 4) is 5.75 Å². The Hall–Kier alpha value is -3.54. The number of nitrogens with zero attached hydrogens (tertiary/aromatic N) is 1. The molecule has 1 amide bonds. The van der Waals surface area contributed by atoms with Gasteiger partial charge in [-0.2, -0.15) is 0 Å².